The lowest BCUT2D eigenvalue weighted by Gasteiger charge is -2.15. The molecule has 1 N–H and O–H groups in total. The second kappa shape index (κ2) is 8.56. The van der Waals surface area contributed by atoms with Crippen LogP contribution in [0.4, 0.5) is 0 Å². The number of amides is 1. The molecule has 0 spiro atoms. The Morgan fingerprint density at radius 2 is 1.90 bits per heavy atom. The summed E-state index contributed by atoms with van der Waals surface area (Å²) < 4.78 is 1.92. The molecule has 0 atom stereocenters. The van der Waals surface area contributed by atoms with Crippen LogP contribution in [0.5, 0.6) is 0 Å². The largest absolute Gasteiger partial charge is 0.351 e. The van der Waals surface area contributed by atoms with Gasteiger partial charge in [0.15, 0.2) is 5.43 Å². The molecule has 0 saturated heterocycles. The molecule has 1 heterocycles. The van der Waals surface area contributed by atoms with Crippen molar-refractivity contribution in [1.82, 2.24) is 9.88 Å². The Morgan fingerprint density at radius 1 is 1.15 bits per heavy atom. The summed E-state index contributed by atoms with van der Waals surface area (Å²) >= 11 is 0. The normalized spacial score (nSPS) is 10.6. The maximum absolute atomic E-state index is 12.2. The zero-order valence-electron chi connectivity index (χ0n) is 12.9. The number of aromatic nitrogens is 1. The number of pyridine rings is 1. The smallest absolute Gasteiger partial charge is 0.268 e. The predicted octanol–water partition coefficient (Wildman–Crippen LogP) is 2.88. The summed E-state index contributed by atoms with van der Waals surface area (Å²) in [5.41, 5.74) is 1.22. The van der Waals surface area contributed by atoms with Crippen LogP contribution in [0.3, 0.4) is 0 Å². The SMILES string of the molecule is CCCCCCNC(=O)c1cc(=O)cc(C)n1CCC. The molecular weight excluding hydrogens is 252 g/mol. The number of rotatable bonds is 8. The van der Waals surface area contributed by atoms with Gasteiger partial charge in [-0.25, -0.2) is 0 Å². The predicted molar refractivity (Wildman–Crippen MR) is 82.2 cm³/mol. The summed E-state index contributed by atoms with van der Waals surface area (Å²) in [6.07, 6.45) is 5.43. The fourth-order valence-electron chi connectivity index (χ4n) is 2.28. The Hall–Kier alpha value is -1.58. The Balaban J connectivity index is 2.73. The molecule has 1 amide bonds. The molecular formula is C16H26N2O2. The quantitative estimate of drug-likeness (QED) is 0.743. The van der Waals surface area contributed by atoms with Crippen LogP contribution in [0.2, 0.25) is 0 Å². The molecule has 0 saturated carbocycles. The maximum atomic E-state index is 12.2. The van der Waals surface area contributed by atoms with Crippen LogP contribution in [0.1, 0.15) is 62.1 Å². The molecule has 112 valence electrons. The summed E-state index contributed by atoms with van der Waals surface area (Å²) in [6, 6.07) is 3.01. The molecule has 0 aliphatic rings. The van der Waals surface area contributed by atoms with Gasteiger partial charge in [-0.05, 0) is 19.8 Å². The molecule has 0 fully saturated rings. The van der Waals surface area contributed by atoms with Gasteiger partial charge in [0.1, 0.15) is 5.69 Å². The number of aryl methyl sites for hydroxylation is 1. The van der Waals surface area contributed by atoms with Gasteiger partial charge in [0, 0.05) is 30.9 Å². The van der Waals surface area contributed by atoms with Gasteiger partial charge < -0.3 is 9.88 Å². The maximum Gasteiger partial charge on any atom is 0.268 e. The van der Waals surface area contributed by atoms with E-state index in [9.17, 15) is 9.59 Å². The van der Waals surface area contributed by atoms with Crippen molar-refractivity contribution >= 4 is 5.91 Å². The Kier molecular flexibility index (Phi) is 7.05. The average molecular weight is 278 g/mol. The Morgan fingerprint density at radius 3 is 2.55 bits per heavy atom. The van der Waals surface area contributed by atoms with Crippen molar-refractivity contribution in [2.75, 3.05) is 6.54 Å². The Bertz CT molecular complexity index is 492. The van der Waals surface area contributed by atoms with Crippen molar-refractivity contribution in [3.8, 4) is 0 Å². The van der Waals surface area contributed by atoms with E-state index in [2.05, 4.69) is 19.2 Å². The van der Waals surface area contributed by atoms with Gasteiger partial charge in [-0.3, -0.25) is 9.59 Å². The average Bonchev–Trinajstić information content (AvgIpc) is 2.41. The van der Waals surface area contributed by atoms with Gasteiger partial charge in [0.25, 0.3) is 5.91 Å². The topological polar surface area (TPSA) is 51.1 Å². The van der Waals surface area contributed by atoms with E-state index in [0.29, 0.717) is 12.2 Å². The van der Waals surface area contributed by atoms with Crippen LogP contribution < -0.4 is 10.7 Å². The fourth-order valence-corrected chi connectivity index (χ4v) is 2.28. The van der Waals surface area contributed by atoms with E-state index in [4.69, 9.17) is 0 Å². The molecule has 0 aliphatic heterocycles. The number of unbranched alkanes of at least 4 members (excludes halogenated alkanes) is 3. The van der Waals surface area contributed by atoms with E-state index in [1.165, 1.54) is 18.9 Å². The number of carbonyl (C=O) groups is 1. The summed E-state index contributed by atoms with van der Waals surface area (Å²) in [5, 5.41) is 2.91. The van der Waals surface area contributed by atoms with E-state index in [1.807, 2.05) is 11.5 Å². The first-order valence-electron chi connectivity index (χ1n) is 7.59. The summed E-state index contributed by atoms with van der Waals surface area (Å²) in [4.78, 5) is 23.8. The first kappa shape index (κ1) is 16.5. The van der Waals surface area contributed by atoms with Crippen LogP contribution >= 0.6 is 0 Å². The number of hydrogen-bond acceptors (Lipinski definition) is 2. The first-order chi connectivity index (χ1) is 9.60. The van der Waals surface area contributed by atoms with Gasteiger partial charge in [0.05, 0.1) is 0 Å². The van der Waals surface area contributed by atoms with Crippen molar-refractivity contribution in [3.63, 3.8) is 0 Å². The standard InChI is InChI=1S/C16H26N2O2/c1-4-6-7-8-9-17-16(20)15-12-14(19)11-13(3)18(15)10-5-2/h11-12H,4-10H2,1-3H3,(H,17,20). The molecule has 0 bridgehead atoms. The van der Waals surface area contributed by atoms with Crippen LogP contribution in [-0.4, -0.2) is 17.0 Å². The van der Waals surface area contributed by atoms with Gasteiger partial charge in [-0.1, -0.05) is 33.1 Å². The highest BCUT2D eigenvalue weighted by molar-refractivity contribution is 5.92. The van der Waals surface area contributed by atoms with Crippen molar-refractivity contribution < 1.29 is 4.79 Å². The van der Waals surface area contributed by atoms with Crippen molar-refractivity contribution in [3.05, 3.63) is 33.7 Å². The fraction of sp³-hybridized carbons (Fsp3) is 0.625. The lowest BCUT2D eigenvalue weighted by molar-refractivity contribution is 0.0942. The van der Waals surface area contributed by atoms with Crippen molar-refractivity contribution in [2.45, 2.75) is 59.4 Å². The van der Waals surface area contributed by atoms with Crippen molar-refractivity contribution in [2.24, 2.45) is 0 Å². The summed E-state index contributed by atoms with van der Waals surface area (Å²) in [6.45, 7) is 7.52. The summed E-state index contributed by atoms with van der Waals surface area (Å²) in [7, 11) is 0. The minimum atomic E-state index is -0.143. The van der Waals surface area contributed by atoms with Gasteiger partial charge >= 0.3 is 0 Å². The van der Waals surface area contributed by atoms with E-state index < -0.39 is 0 Å². The van der Waals surface area contributed by atoms with E-state index in [1.54, 1.807) is 6.07 Å². The second-order valence-electron chi connectivity index (χ2n) is 5.19. The molecule has 0 aromatic carbocycles. The zero-order chi connectivity index (χ0) is 15.0. The molecule has 1 aromatic heterocycles. The zero-order valence-corrected chi connectivity index (χ0v) is 12.9. The van der Waals surface area contributed by atoms with Crippen LogP contribution in [0, 0.1) is 6.92 Å². The minimum Gasteiger partial charge on any atom is -0.351 e. The third kappa shape index (κ3) is 4.83. The number of hydrogen-bond donors (Lipinski definition) is 1. The molecule has 4 nitrogen and oxygen atoms in total. The number of nitrogens with zero attached hydrogens (tertiary/aromatic N) is 1. The lowest BCUT2D eigenvalue weighted by atomic mass is 10.2. The van der Waals surface area contributed by atoms with E-state index in [0.717, 1.165) is 31.5 Å². The molecule has 1 rings (SSSR count). The molecule has 0 unspecified atom stereocenters. The van der Waals surface area contributed by atoms with Crippen LogP contribution in [-0.2, 0) is 6.54 Å². The van der Waals surface area contributed by atoms with Gasteiger partial charge in [-0.2, -0.15) is 0 Å². The molecule has 4 heteroatoms. The van der Waals surface area contributed by atoms with Crippen molar-refractivity contribution in [1.29, 1.82) is 0 Å². The highest BCUT2D eigenvalue weighted by Crippen LogP contribution is 2.05. The van der Waals surface area contributed by atoms with E-state index >= 15 is 0 Å². The third-order valence-electron chi connectivity index (χ3n) is 3.34. The molecule has 1 aromatic rings. The van der Waals surface area contributed by atoms with Gasteiger partial charge in [0.2, 0.25) is 0 Å². The van der Waals surface area contributed by atoms with E-state index in [-0.39, 0.29) is 11.3 Å². The molecule has 20 heavy (non-hydrogen) atoms. The number of carbonyl (C=O) groups excluding carboxylic acids is 1. The highest BCUT2D eigenvalue weighted by Gasteiger charge is 2.12. The van der Waals surface area contributed by atoms with Crippen LogP contribution in [0.25, 0.3) is 0 Å². The third-order valence-corrected chi connectivity index (χ3v) is 3.34. The number of nitrogens with one attached hydrogen (secondary N) is 1. The lowest BCUT2D eigenvalue weighted by Crippen LogP contribution is -2.30. The monoisotopic (exact) mass is 278 g/mol. The highest BCUT2D eigenvalue weighted by atomic mass is 16.2. The Labute approximate surface area is 121 Å². The second-order valence-corrected chi connectivity index (χ2v) is 5.19. The van der Waals surface area contributed by atoms with Crippen LogP contribution in [0.15, 0.2) is 16.9 Å². The van der Waals surface area contributed by atoms with Gasteiger partial charge in [-0.15, -0.1) is 0 Å². The molecule has 0 aliphatic carbocycles. The summed E-state index contributed by atoms with van der Waals surface area (Å²) in [5.74, 6) is -0.143. The minimum absolute atomic E-state index is 0.106. The molecule has 0 radical (unpaired) electrons. The first-order valence-corrected chi connectivity index (χ1v) is 7.59.